The number of pyridine rings is 1. The number of piperidine rings is 2. The molecule has 0 spiro atoms. The van der Waals surface area contributed by atoms with Crippen LogP contribution < -0.4 is 10.2 Å². The molecule has 0 radical (unpaired) electrons. The van der Waals surface area contributed by atoms with E-state index in [1.54, 1.807) is 16.0 Å². The van der Waals surface area contributed by atoms with Crippen molar-refractivity contribution < 1.29 is 0 Å². The average Bonchev–Trinajstić information content (AvgIpc) is 3.39. The number of nitriles is 1. The van der Waals surface area contributed by atoms with Gasteiger partial charge >= 0.3 is 0 Å². The molecule has 7 nitrogen and oxygen atoms in total. The molecule has 0 saturated carbocycles. The van der Waals surface area contributed by atoms with E-state index >= 15 is 0 Å². The maximum Gasteiger partial charge on any atom is 0.186 e. The van der Waals surface area contributed by atoms with E-state index in [4.69, 9.17) is 4.98 Å². The number of thiazole rings is 1. The second kappa shape index (κ2) is 8.56. The maximum atomic E-state index is 9.60. The molecule has 2 unspecified atom stereocenters. The molecular weight excluding hydrogens is 454 g/mol. The first-order chi connectivity index (χ1) is 15.6. The molecule has 1 aromatic carbocycles. The molecule has 0 amide bonds. The number of aryl methyl sites for hydroxylation is 1. The number of anilines is 1. The third-order valence-corrected chi connectivity index (χ3v) is 8.05. The van der Waals surface area contributed by atoms with Crippen LogP contribution in [0.1, 0.15) is 37.7 Å². The molecule has 9 heteroatoms. The fraction of sp³-hybridized carbons (Fsp3) is 0.417. The van der Waals surface area contributed by atoms with Crippen LogP contribution in [0.4, 0.5) is 5.13 Å². The molecule has 2 aliphatic rings. The fourth-order valence-corrected chi connectivity index (χ4v) is 6.33. The van der Waals surface area contributed by atoms with Gasteiger partial charge in [0.1, 0.15) is 17.1 Å². The highest BCUT2D eigenvalue weighted by molar-refractivity contribution is 7.22. The predicted octanol–water partition coefficient (Wildman–Crippen LogP) is 4.65. The van der Waals surface area contributed by atoms with Crippen molar-refractivity contribution in [3.63, 3.8) is 0 Å². The molecular formula is C24H26ClN7S. The van der Waals surface area contributed by atoms with Crippen molar-refractivity contribution in [1.82, 2.24) is 25.1 Å². The Morgan fingerprint density at radius 1 is 1.21 bits per heavy atom. The lowest BCUT2D eigenvalue weighted by Gasteiger charge is -2.43. The zero-order chi connectivity index (χ0) is 21.8. The van der Waals surface area contributed by atoms with E-state index in [9.17, 15) is 5.26 Å². The van der Waals surface area contributed by atoms with Gasteiger partial charge in [0.2, 0.25) is 0 Å². The monoisotopic (exact) mass is 479 g/mol. The Bertz CT molecular complexity index is 1360. The summed E-state index contributed by atoms with van der Waals surface area (Å²) in [6.45, 7) is 0. The zero-order valence-corrected chi connectivity index (χ0v) is 20.3. The quantitative estimate of drug-likeness (QED) is 0.460. The lowest BCUT2D eigenvalue weighted by Crippen LogP contribution is -2.54. The van der Waals surface area contributed by atoms with E-state index in [-0.39, 0.29) is 12.4 Å². The number of fused-ring (bicyclic) bond motifs is 4. The van der Waals surface area contributed by atoms with Gasteiger partial charge in [0.15, 0.2) is 5.13 Å². The topological polar surface area (TPSA) is 82.7 Å². The number of rotatable bonds is 3. The van der Waals surface area contributed by atoms with Crippen LogP contribution in [-0.2, 0) is 7.05 Å². The average molecular weight is 480 g/mol. The Morgan fingerprint density at radius 2 is 2.00 bits per heavy atom. The minimum absolute atomic E-state index is 0. The molecule has 2 aliphatic heterocycles. The van der Waals surface area contributed by atoms with Gasteiger partial charge in [0.25, 0.3) is 0 Å². The fourth-order valence-electron chi connectivity index (χ4n) is 5.32. The normalized spacial score (nSPS) is 22.2. The van der Waals surface area contributed by atoms with Crippen LogP contribution in [0.2, 0.25) is 0 Å². The summed E-state index contributed by atoms with van der Waals surface area (Å²) < 4.78 is 2.86. The van der Waals surface area contributed by atoms with Gasteiger partial charge in [-0.1, -0.05) is 17.8 Å². The summed E-state index contributed by atoms with van der Waals surface area (Å²) in [5.74, 6) is 0. The van der Waals surface area contributed by atoms with Crippen molar-refractivity contribution >= 4 is 50.0 Å². The Balaban J connectivity index is 0.00000228. The van der Waals surface area contributed by atoms with E-state index in [0.717, 1.165) is 37.5 Å². The molecule has 5 heterocycles. The number of benzene rings is 1. The number of nitrogens with zero attached hydrogens (tertiary/aromatic N) is 6. The summed E-state index contributed by atoms with van der Waals surface area (Å²) >= 11 is 1.73. The van der Waals surface area contributed by atoms with Gasteiger partial charge in [0, 0.05) is 49.4 Å². The summed E-state index contributed by atoms with van der Waals surface area (Å²) in [5, 5.41) is 19.8. The van der Waals surface area contributed by atoms with Gasteiger partial charge in [-0.25, -0.2) is 4.98 Å². The second-order valence-electron chi connectivity index (χ2n) is 9.14. The van der Waals surface area contributed by atoms with Gasteiger partial charge in [-0.2, -0.15) is 10.4 Å². The summed E-state index contributed by atoms with van der Waals surface area (Å²) in [6.07, 6.45) is 10.1. The van der Waals surface area contributed by atoms with Crippen LogP contribution in [0.5, 0.6) is 0 Å². The molecule has 0 aliphatic carbocycles. The molecule has 33 heavy (non-hydrogen) atoms. The number of hydrogen-bond donors (Lipinski definition) is 1. The van der Waals surface area contributed by atoms with Gasteiger partial charge in [0.05, 0.1) is 22.2 Å². The van der Waals surface area contributed by atoms with Crippen LogP contribution >= 0.6 is 23.7 Å². The van der Waals surface area contributed by atoms with Crippen LogP contribution in [0.15, 0.2) is 30.6 Å². The van der Waals surface area contributed by atoms with E-state index in [1.807, 2.05) is 25.5 Å². The molecule has 3 aromatic heterocycles. The van der Waals surface area contributed by atoms with E-state index in [2.05, 4.69) is 45.5 Å². The minimum Gasteiger partial charge on any atom is -0.348 e. The van der Waals surface area contributed by atoms with Crippen LogP contribution in [0.3, 0.4) is 0 Å². The third-order valence-electron chi connectivity index (χ3n) is 6.94. The first-order valence-corrected chi connectivity index (χ1v) is 12.0. The molecule has 1 N–H and O–H groups in total. The van der Waals surface area contributed by atoms with Gasteiger partial charge in [-0.05, 0) is 43.9 Å². The number of halogens is 1. The van der Waals surface area contributed by atoms with E-state index < -0.39 is 0 Å². The third kappa shape index (κ3) is 3.95. The van der Waals surface area contributed by atoms with Gasteiger partial charge in [-0.3, -0.25) is 9.67 Å². The van der Waals surface area contributed by atoms with Crippen molar-refractivity contribution in [2.75, 3.05) is 11.9 Å². The Hall–Kier alpha value is -2.73. The molecule has 170 valence electrons. The summed E-state index contributed by atoms with van der Waals surface area (Å²) in [4.78, 5) is 12.0. The smallest absolute Gasteiger partial charge is 0.186 e. The highest BCUT2D eigenvalue weighted by atomic mass is 35.5. The molecule has 2 atom stereocenters. The first-order valence-electron chi connectivity index (χ1n) is 11.2. The van der Waals surface area contributed by atoms with Crippen molar-refractivity contribution in [2.24, 2.45) is 7.05 Å². The van der Waals surface area contributed by atoms with Crippen LogP contribution in [-0.4, -0.2) is 44.9 Å². The van der Waals surface area contributed by atoms with Crippen molar-refractivity contribution in [2.45, 2.75) is 50.2 Å². The Kier molecular flexibility index (Phi) is 5.73. The number of nitrogens with one attached hydrogen (secondary N) is 1. The largest absolute Gasteiger partial charge is 0.348 e. The zero-order valence-electron chi connectivity index (χ0n) is 18.7. The van der Waals surface area contributed by atoms with E-state index in [0.29, 0.717) is 23.7 Å². The van der Waals surface area contributed by atoms with Gasteiger partial charge in [-0.15, -0.1) is 12.4 Å². The first kappa shape index (κ1) is 22.1. The molecule has 2 saturated heterocycles. The molecule has 6 rings (SSSR count). The Morgan fingerprint density at radius 3 is 2.76 bits per heavy atom. The van der Waals surface area contributed by atoms with Crippen molar-refractivity contribution in [1.29, 1.82) is 5.26 Å². The highest BCUT2D eigenvalue weighted by Gasteiger charge is 2.33. The Labute approximate surface area is 202 Å². The summed E-state index contributed by atoms with van der Waals surface area (Å²) in [7, 11) is 4.06. The SMILES string of the molecule is CN(c1nc2cnc(-c3cc(C#N)c4nn(C)cc4c3)cc2s1)C1CC2CCCC(C1)N2.Cl. The highest BCUT2D eigenvalue weighted by Crippen LogP contribution is 2.36. The second-order valence-corrected chi connectivity index (χ2v) is 10.1. The number of aromatic nitrogens is 4. The standard InChI is InChI=1S/C24H25N7S.ClH/c1-30-13-16-7-14(6-15(11-25)23(16)29-30)20-10-22-21(12-26-20)28-24(32-22)31(2)19-8-17-4-3-5-18(9-19)27-17;/h6-7,10,12-13,17-19,27H,3-5,8-9H2,1-2H3;1H. The van der Waals surface area contributed by atoms with Crippen molar-refractivity contribution in [3.8, 4) is 17.3 Å². The lowest BCUT2D eigenvalue weighted by atomic mass is 9.83. The maximum absolute atomic E-state index is 9.60. The van der Waals surface area contributed by atoms with Crippen LogP contribution in [0, 0.1) is 11.3 Å². The van der Waals surface area contributed by atoms with E-state index in [1.165, 1.54) is 32.1 Å². The van der Waals surface area contributed by atoms with Crippen LogP contribution in [0.25, 0.3) is 32.4 Å². The van der Waals surface area contributed by atoms with Crippen molar-refractivity contribution in [3.05, 3.63) is 36.2 Å². The minimum atomic E-state index is 0. The molecule has 4 aromatic rings. The molecule has 2 bridgehead atoms. The van der Waals surface area contributed by atoms with Gasteiger partial charge < -0.3 is 10.2 Å². The summed E-state index contributed by atoms with van der Waals surface area (Å²) in [5.41, 5.74) is 4.01. The number of hydrogen-bond acceptors (Lipinski definition) is 7. The molecule has 2 fully saturated rings. The predicted molar refractivity (Wildman–Crippen MR) is 135 cm³/mol. The summed E-state index contributed by atoms with van der Waals surface area (Å²) in [6, 6.07) is 10.1. The lowest BCUT2D eigenvalue weighted by molar-refractivity contribution is 0.219.